The monoisotopic (exact) mass is 419 g/mol. The van der Waals surface area contributed by atoms with E-state index >= 15 is 0 Å². The molecule has 3 rings (SSSR count). The number of nitrogens with one attached hydrogen (secondary N) is 1. The van der Waals surface area contributed by atoms with Crippen LogP contribution in [0.4, 0.5) is 13.2 Å². The van der Waals surface area contributed by atoms with Crippen molar-refractivity contribution in [1.82, 2.24) is 4.98 Å². The van der Waals surface area contributed by atoms with Gasteiger partial charge < -0.3 is 4.98 Å². The molecule has 9 heteroatoms. The lowest BCUT2D eigenvalue weighted by atomic mass is 10.2. The molecule has 3 aromatic rings. The lowest BCUT2D eigenvalue weighted by Gasteiger charge is -2.07. The molecule has 0 bridgehead atoms. The Labute approximate surface area is 157 Å². The van der Waals surface area contributed by atoms with Gasteiger partial charge in [0.25, 0.3) is 0 Å². The van der Waals surface area contributed by atoms with Gasteiger partial charge in [0.1, 0.15) is 5.69 Å². The van der Waals surface area contributed by atoms with Crippen LogP contribution in [-0.2, 0) is 16.0 Å². The Balaban J connectivity index is 2.23. The van der Waals surface area contributed by atoms with Crippen molar-refractivity contribution in [1.29, 1.82) is 0 Å². The molecule has 3 nitrogen and oxygen atoms in total. The minimum absolute atomic E-state index is 0.162. The third kappa shape index (κ3) is 3.60. The van der Waals surface area contributed by atoms with Gasteiger partial charge in [0.05, 0.1) is 15.5 Å². The number of benzene rings is 2. The van der Waals surface area contributed by atoms with E-state index in [4.69, 9.17) is 23.2 Å². The number of aromatic amines is 1. The summed E-state index contributed by atoms with van der Waals surface area (Å²) >= 11 is 11.5. The average molecular weight is 420 g/mol. The number of halogens is 5. The van der Waals surface area contributed by atoms with Gasteiger partial charge in [-0.1, -0.05) is 35.3 Å². The largest absolute Gasteiger partial charge is 0.431 e. The summed E-state index contributed by atoms with van der Waals surface area (Å²) in [6.07, 6.45) is -4.73. The van der Waals surface area contributed by atoms with Crippen LogP contribution in [0, 0.1) is 0 Å². The molecule has 0 aliphatic heterocycles. The molecule has 0 atom stereocenters. The van der Waals surface area contributed by atoms with Crippen LogP contribution in [-0.4, -0.2) is 13.4 Å². The summed E-state index contributed by atoms with van der Waals surface area (Å²) in [5.74, 6) is 0. The standard InChI is InChI=1S/C17H10Cl2F3NO2S/c18-11-3-1-10(2-4-11)16-14(9-15(23-16)17(20,21)22)26(24,25)13-7-5-12(19)6-8-13/h1-9,23H. The van der Waals surface area contributed by atoms with E-state index in [1.807, 2.05) is 0 Å². The molecule has 0 saturated heterocycles. The van der Waals surface area contributed by atoms with Gasteiger partial charge in [-0.15, -0.1) is 0 Å². The molecule has 0 spiro atoms. The summed E-state index contributed by atoms with van der Waals surface area (Å²) in [4.78, 5) is 1.53. The van der Waals surface area contributed by atoms with Gasteiger partial charge in [-0.3, -0.25) is 0 Å². The molecule has 2 aromatic carbocycles. The molecule has 0 aliphatic carbocycles. The number of rotatable bonds is 3. The Kier molecular flexibility index (Phi) is 4.81. The van der Waals surface area contributed by atoms with E-state index in [9.17, 15) is 21.6 Å². The summed E-state index contributed by atoms with van der Waals surface area (Å²) in [7, 11) is -4.21. The summed E-state index contributed by atoms with van der Waals surface area (Å²) in [6, 6.07) is 11.6. The lowest BCUT2D eigenvalue weighted by Crippen LogP contribution is -2.05. The third-order valence-electron chi connectivity index (χ3n) is 3.63. The first-order valence-electron chi connectivity index (χ1n) is 7.16. The minimum Gasteiger partial charge on any atom is -0.350 e. The van der Waals surface area contributed by atoms with Crippen LogP contribution in [0.25, 0.3) is 11.3 Å². The minimum atomic E-state index is -4.73. The predicted molar refractivity (Wildman–Crippen MR) is 93.1 cm³/mol. The van der Waals surface area contributed by atoms with Gasteiger partial charge >= 0.3 is 6.18 Å². The highest BCUT2D eigenvalue weighted by Crippen LogP contribution is 2.38. The Morgan fingerprint density at radius 1 is 0.846 bits per heavy atom. The van der Waals surface area contributed by atoms with E-state index in [1.165, 1.54) is 48.5 Å². The zero-order valence-corrected chi connectivity index (χ0v) is 15.1. The third-order valence-corrected chi connectivity index (χ3v) is 5.93. The van der Waals surface area contributed by atoms with E-state index in [0.29, 0.717) is 16.1 Å². The maximum Gasteiger partial charge on any atom is 0.431 e. The van der Waals surface area contributed by atoms with Crippen molar-refractivity contribution in [3.05, 3.63) is 70.3 Å². The van der Waals surface area contributed by atoms with Crippen LogP contribution in [0.15, 0.2) is 64.4 Å². The Morgan fingerprint density at radius 2 is 1.35 bits per heavy atom. The normalized spacial score (nSPS) is 12.3. The van der Waals surface area contributed by atoms with E-state index in [0.717, 1.165) is 0 Å². The molecule has 0 fully saturated rings. The van der Waals surface area contributed by atoms with E-state index in [-0.39, 0.29) is 16.2 Å². The van der Waals surface area contributed by atoms with Gasteiger partial charge in [0.15, 0.2) is 0 Å². The average Bonchev–Trinajstić information content (AvgIpc) is 3.02. The van der Waals surface area contributed by atoms with Crippen molar-refractivity contribution < 1.29 is 21.6 Å². The fraction of sp³-hybridized carbons (Fsp3) is 0.0588. The van der Waals surface area contributed by atoms with Crippen molar-refractivity contribution in [2.75, 3.05) is 0 Å². The van der Waals surface area contributed by atoms with Crippen LogP contribution < -0.4 is 0 Å². The first-order valence-corrected chi connectivity index (χ1v) is 9.40. The van der Waals surface area contributed by atoms with Crippen LogP contribution in [0.1, 0.15) is 5.69 Å². The fourth-order valence-electron chi connectivity index (χ4n) is 2.37. The number of sulfone groups is 1. The molecular weight excluding hydrogens is 410 g/mol. The molecule has 0 unspecified atom stereocenters. The second kappa shape index (κ2) is 6.64. The highest BCUT2D eigenvalue weighted by molar-refractivity contribution is 7.91. The van der Waals surface area contributed by atoms with Gasteiger partial charge in [-0.05, 0) is 48.0 Å². The van der Waals surface area contributed by atoms with E-state index in [2.05, 4.69) is 4.98 Å². The Morgan fingerprint density at radius 3 is 1.85 bits per heavy atom. The molecular formula is C17H10Cl2F3NO2S. The van der Waals surface area contributed by atoms with Gasteiger partial charge in [-0.25, -0.2) is 8.42 Å². The molecule has 26 heavy (non-hydrogen) atoms. The number of H-pyrrole nitrogens is 1. The SMILES string of the molecule is O=S(=O)(c1ccc(Cl)cc1)c1cc(C(F)(F)F)[nH]c1-c1ccc(Cl)cc1. The smallest absolute Gasteiger partial charge is 0.350 e. The van der Waals surface area contributed by atoms with Crippen molar-refractivity contribution >= 4 is 33.0 Å². The van der Waals surface area contributed by atoms with Gasteiger partial charge in [0, 0.05) is 10.0 Å². The molecule has 1 N–H and O–H groups in total. The molecule has 0 aliphatic rings. The van der Waals surface area contributed by atoms with Gasteiger partial charge in [0.2, 0.25) is 9.84 Å². The molecule has 1 aromatic heterocycles. The summed E-state index contributed by atoms with van der Waals surface area (Å²) < 4.78 is 65.2. The molecule has 0 radical (unpaired) electrons. The number of alkyl halides is 3. The maximum atomic E-state index is 13.1. The second-order valence-electron chi connectivity index (χ2n) is 5.38. The molecule has 1 heterocycles. The summed E-state index contributed by atoms with van der Waals surface area (Å²) in [5.41, 5.74) is -1.06. The summed E-state index contributed by atoms with van der Waals surface area (Å²) in [5, 5.41) is 0.686. The van der Waals surface area contributed by atoms with Crippen LogP contribution in [0.2, 0.25) is 10.0 Å². The quantitative estimate of drug-likeness (QED) is 0.579. The van der Waals surface area contributed by atoms with E-state index < -0.39 is 26.6 Å². The Bertz CT molecular complexity index is 1040. The van der Waals surface area contributed by atoms with Crippen LogP contribution in [0.3, 0.4) is 0 Å². The first kappa shape index (κ1) is 18.8. The highest BCUT2D eigenvalue weighted by Gasteiger charge is 2.36. The molecule has 136 valence electrons. The second-order valence-corrected chi connectivity index (χ2v) is 8.18. The van der Waals surface area contributed by atoms with Crippen molar-refractivity contribution in [2.45, 2.75) is 16.0 Å². The predicted octanol–water partition coefficient (Wildman–Crippen LogP) is 5.84. The zero-order chi connectivity index (χ0) is 19.1. The van der Waals surface area contributed by atoms with Crippen molar-refractivity contribution in [2.24, 2.45) is 0 Å². The number of aromatic nitrogens is 1. The first-order chi connectivity index (χ1) is 12.1. The Hall–Kier alpha value is -1.96. The fourth-order valence-corrected chi connectivity index (χ4v) is 4.08. The van der Waals surface area contributed by atoms with Crippen LogP contribution >= 0.6 is 23.2 Å². The van der Waals surface area contributed by atoms with Crippen LogP contribution in [0.5, 0.6) is 0 Å². The topological polar surface area (TPSA) is 49.9 Å². The molecule has 0 amide bonds. The van der Waals surface area contributed by atoms with Crippen molar-refractivity contribution in [3.8, 4) is 11.3 Å². The highest BCUT2D eigenvalue weighted by atomic mass is 35.5. The van der Waals surface area contributed by atoms with E-state index in [1.54, 1.807) is 0 Å². The number of hydrogen-bond acceptors (Lipinski definition) is 2. The molecule has 0 saturated carbocycles. The maximum absolute atomic E-state index is 13.1. The van der Waals surface area contributed by atoms with Crippen molar-refractivity contribution in [3.63, 3.8) is 0 Å². The van der Waals surface area contributed by atoms with Gasteiger partial charge in [-0.2, -0.15) is 13.2 Å². The zero-order valence-electron chi connectivity index (χ0n) is 12.8. The summed E-state index contributed by atoms with van der Waals surface area (Å²) in [6.45, 7) is 0. The lowest BCUT2D eigenvalue weighted by molar-refractivity contribution is -0.140. The number of hydrogen-bond donors (Lipinski definition) is 1.